The summed E-state index contributed by atoms with van der Waals surface area (Å²) in [6, 6.07) is 11.7. The third kappa shape index (κ3) is 3.50. The number of aromatic nitrogens is 1. The number of piperazine rings is 1. The van der Waals surface area contributed by atoms with Gasteiger partial charge >= 0.3 is 11.3 Å². The van der Waals surface area contributed by atoms with Gasteiger partial charge in [0.15, 0.2) is 0 Å². The molecular weight excluding hydrogens is 446 g/mol. The van der Waals surface area contributed by atoms with Gasteiger partial charge < -0.3 is 18.6 Å². The number of ether oxygens (including phenoxy) is 1. The molecular formula is C24H22ClN3O5. The minimum Gasteiger partial charge on any atom is -0.491 e. The summed E-state index contributed by atoms with van der Waals surface area (Å²) in [5.41, 5.74) is 2.11. The molecule has 0 radical (unpaired) electrons. The fourth-order valence-electron chi connectivity index (χ4n) is 4.89. The molecule has 4 aromatic rings. The van der Waals surface area contributed by atoms with Crippen LogP contribution in [-0.4, -0.2) is 48.8 Å². The van der Waals surface area contributed by atoms with Crippen LogP contribution in [0.5, 0.6) is 5.75 Å². The van der Waals surface area contributed by atoms with Crippen LogP contribution in [0.4, 0.5) is 5.69 Å². The maximum atomic E-state index is 11.8. The summed E-state index contributed by atoms with van der Waals surface area (Å²) in [5, 5.41) is 1.36. The van der Waals surface area contributed by atoms with Gasteiger partial charge in [-0.1, -0.05) is 29.8 Å². The zero-order valence-corrected chi connectivity index (χ0v) is 18.6. The maximum absolute atomic E-state index is 11.8. The SMILES string of the molecule is O=c1oc2c(CCN3CCN(c4cccc5c4OCC5)CC3)c3ccc(Cl)cc3n2oc1=O. The highest BCUT2D eigenvalue weighted by atomic mass is 35.5. The summed E-state index contributed by atoms with van der Waals surface area (Å²) in [6.07, 6.45) is 1.62. The molecule has 33 heavy (non-hydrogen) atoms. The second-order valence-electron chi connectivity index (χ2n) is 8.45. The van der Waals surface area contributed by atoms with E-state index in [-0.39, 0.29) is 5.71 Å². The average molecular weight is 468 g/mol. The monoisotopic (exact) mass is 467 g/mol. The van der Waals surface area contributed by atoms with Gasteiger partial charge in [0.1, 0.15) is 5.75 Å². The standard InChI is InChI=1S/C24H22ClN3O5/c25-16-4-5-17-18(22-28(20(17)14-16)33-24(30)23(29)32-22)6-8-26-9-11-27(12-10-26)19-3-1-2-15-7-13-31-21(15)19/h1-5,14H,6-13H2. The van der Waals surface area contributed by atoms with Gasteiger partial charge in [0.05, 0.1) is 17.8 Å². The Morgan fingerprint density at radius 2 is 1.85 bits per heavy atom. The summed E-state index contributed by atoms with van der Waals surface area (Å²) >= 11 is 6.15. The smallest absolute Gasteiger partial charge is 0.442 e. The van der Waals surface area contributed by atoms with Gasteiger partial charge in [0.2, 0.25) is 5.71 Å². The van der Waals surface area contributed by atoms with Crippen molar-refractivity contribution >= 4 is 33.9 Å². The van der Waals surface area contributed by atoms with Crippen molar-refractivity contribution in [2.45, 2.75) is 12.8 Å². The molecule has 0 unspecified atom stereocenters. The Morgan fingerprint density at radius 3 is 2.70 bits per heavy atom. The second kappa shape index (κ2) is 7.97. The minimum atomic E-state index is -1.04. The van der Waals surface area contributed by atoms with Crippen LogP contribution < -0.4 is 20.9 Å². The van der Waals surface area contributed by atoms with Crippen LogP contribution in [0, 0.1) is 0 Å². The molecule has 6 rings (SSSR count). The highest BCUT2D eigenvalue weighted by Crippen LogP contribution is 2.36. The first-order valence-corrected chi connectivity index (χ1v) is 11.5. The molecule has 1 saturated heterocycles. The summed E-state index contributed by atoms with van der Waals surface area (Å²) in [7, 11) is 0. The van der Waals surface area contributed by atoms with Crippen molar-refractivity contribution in [1.29, 1.82) is 0 Å². The van der Waals surface area contributed by atoms with Crippen LogP contribution in [-0.2, 0) is 12.8 Å². The summed E-state index contributed by atoms with van der Waals surface area (Å²) in [5.74, 6) is 1.04. The van der Waals surface area contributed by atoms with Crippen molar-refractivity contribution in [3.63, 3.8) is 0 Å². The Bertz CT molecular complexity index is 1480. The van der Waals surface area contributed by atoms with E-state index in [0.29, 0.717) is 17.0 Å². The van der Waals surface area contributed by atoms with E-state index in [0.717, 1.165) is 62.5 Å². The minimum absolute atomic E-state index is 0.257. The third-order valence-electron chi connectivity index (χ3n) is 6.56. The number of para-hydroxylation sites is 1. The number of anilines is 1. The van der Waals surface area contributed by atoms with Gasteiger partial charge in [-0.05, 0) is 30.2 Å². The zero-order chi connectivity index (χ0) is 22.5. The highest BCUT2D eigenvalue weighted by molar-refractivity contribution is 6.31. The Hall–Kier alpha value is -3.23. The molecule has 170 valence electrons. The van der Waals surface area contributed by atoms with E-state index in [2.05, 4.69) is 28.0 Å². The zero-order valence-electron chi connectivity index (χ0n) is 17.9. The molecule has 2 aromatic heterocycles. The predicted octanol–water partition coefficient (Wildman–Crippen LogP) is 2.95. The largest absolute Gasteiger partial charge is 0.491 e. The van der Waals surface area contributed by atoms with Crippen molar-refractivity contribution in [3.8, 4) is 5.75 Å². The maximum Gasteiger partial charge on any atom is 0.442 e. The number of fused-ring (bicyclic) bond motifs is 4. The lowest BCUT2D eigenvalue weighted by molar-refractivity contribution is 0.258. The number of nitrogens with zero attached hydrogens (tertiary/aromatic N) is 3. The van der Waals surface area contributed by atoms with E-state index in [4.69, 9.17) is 25.3 Å². The topological polar surface area (TPSA) is 80.5 Å². The first-order chi connectivity index (χ1) is 16.1. The molecule has 2 aromatic carbocycles. The summed E-state index contributed by atoms with van der Waals surface area (Å²) < 4.78 is 17.7. The Kier molecular flexibility index (Phi) is 4.92. The third-order valence-corrected chi connectivity index (χ3v) is 6.80. The van der Waals surface area contributed by atoms with Crippen molar-refractivity contribution in [1.82, 2.24) is 9.47 Å². The lowest BCUT2D eigenvalue weighted by Gasteiger charge is -2.36. The van der Waals surface area contributed by atoms with Crippen LogP contribution in [0.2, 0.25) is 5.02 Å². The van der Waals surface area contributed by atoms with E-state index in [1.807, 2.05) is 6.07 Å². The molecule has 4 heterocycles. The van der Waals surface area contributed by atoms with Crippen LogP contribution in [0.15, 0.2) is 54.9 Å². The van der Waals surface area contributed by atoms with Gasteiger partial charge in [-0.15, -0.1) is 4.57 Å². The molecule has 2 aliphatic heterocycles. The number of benzene rings is 2. The lowest BCUT2D eigenvalue weighted by Crippen LogP contribution is -2.47. The number of hydrogen-bond acceptors (Lipinski definition) is 7. The van der Waals surface area contributed by atoms with Crippen LogP contribution in [0.3, 0.4) is 0 Å². The molecule has 8 nitrogen and oxygen atoms in total. The molecule has 0 spiro atoms. The molecule has 2 aliphatic rings. The first kappa shape index (κ1) is 20.4. The molecule has 0 bridgehead atoms. The Labute approximate surface area is 193 Å². The van der Waals surface area contributed by atoms with E-state index in [1.165, 1.54) is 15.8 Å². The van der Waals surface area contributed by atoms with Crippen LogP contribution in [0.1, 0.15) is 11.1 Å². The van der Waals surface area contributed by atoms with E-state index < -0.39 is 11.3 Å². The van der Waals surface area contributed by atoms with Gasteiger partial charge in [0.25, 0.3) is 0 Å². The van der Waals surface area contributed by atoms with Crippen LogP contribution >= 0.6 is 11.6 Å². The number of rotatable bonds is 4. The van der Waals surface area contributed by atoms with Crippen molar-refractivity contribution in [2.75, 3.05) is 44.2 Å². The van der Waals surface area contributed by atoms with Crippen molar-refractivity contribution in [2.24, 2.45) is 0 Å². The quantitative estimate of drug-likeness (QED) is 0.427. The summed E-state index contributed by atoms with van der Waals surface area (Å²) in [6.45, 7) is 5.20. The molecule has 9 heteroatoms. The first-order valence-electron chi connectivity index (χ1n) is 11.1. The van der Waals surface area contributed by atoms with Gasteiger partial charge in [-0.3, -0.25) is 4.90 Å². The van der Waals surface area contributed by atoms with Crippen molar-refractivity contribution < 1.29 is 13.7 Å². The fraction of sp³-hybridized carbons (Fsp3) is 0.333. The molecule has 0 atom stereocenters. The fourth-order valence-corrected chi connectivity index (χ4v) is 5.06. The van der Waals surface area contributed by atoms with Gasteiger partial charge in [-0.2, -0.15) is 0 Å². The molecule has 0 N–H and O–H groups in total. The van der Waals surface area contributed by atoms with Crippen LogP contribution in [0.25, 0.3) is 16.6 Å². The summed E-state index contributed by atoms with van der Waals surface area (Å²) in [4.78, 5) is 28.4. The van der Waals surface area contributed by atoms with Crippen molar-refractivity contribution in [3.05, 3.63) is 73.4 Å². The number of hydrogen-bond donors (Lipinski definition) is 0. The normalized spacial score (nSPS) is 16.5. The average Bonchev–Trinajstić information content (AvgIpc) is 3.41. The molecule has 0 amide bonds. The Morgan fingerprint density at radius 1 is 1.00 bits per heavy atom. The molecule has 1 fully saturated rings. The second-order valence-corrected chi connectivity index (χ2v) is 8.89. The number of halogens is 1. The Balaban J connectivity index is 1.22. The highest BCUT2D eigenvalue weighted by Gasteiger charge is 2.24. The van der Waals surface area contributed by atoms with E-state index in [1.54, 1.807) is 12.1 Å². The molecule has 0 aliphatic carbocycles. The molecule has 0 saturated carbocycles. The van der Waals surface area contributed by atoms with E-state index >= 15 is 0 Å². The lowest BCUT2D eigenvalue weighted by atomic mass is 10.1. The van der Waals surface area contributed by atoms with Gasteiger partial charge in [0, 0.05) is 55.1 Å². The van der Waals surface area contributed by atoms with Gasteiger partial charge in [-0.25, -0.2) is 9.59 Å². The predicted molar refractivity (Wildman–Crippen MR) is 125 cm³/mol. The van der Waals surface area contributed by atoms with E-state index in [9.17, 15) is 9.59 Å².